The second-order valence-electron chi connectivity index (χ2n) is 4.10. The van der Waals surface area contributed by atoms with Crippen LogP contribution in [0.5, 0.6) is 17.2 Å². The predicted octanol–water partition coefficient (Wildman–Crippen LogP) is 1.48. The van der Waals surface area contributed by atoms with Crippen LogP contribution in [0.15, 0.2) is 18.2 Å². The molecule has 1 aromatic rings. The Morgan fingerprint density at radius 1 is 1.44 bits per heavy atom. The van der Waals surface area contributed by atoms with Gasteiger partial charge in [-0.2, -0.15) is 0 Å². The first kappa shape index (κ1) is 11.1. The number of aromatic hydroxyl groups is 1. The van der Waals surface area contributed by atoms with E-state index in [0.717, 1.165) is 19.5 Å². The van der Waals surface area contributed by atoms with Crippen LogP contribution in [0.4, 0.5) is 0 Å². The van der Waals surface area contributed by atoms with Crippen molar-refractivity contribution in [1.29, 1.82) is 0 Å². The Balaban J connectivity index is 2.12. The summed E-state index contributed by atoms with van der Waals surface area (Å²) in [5.74, 6) is 1.14. The number of benzene rings is 1. The topological polar surface area (TPSA) is 41.9 Å². The summed E-state index contributed by atoms with van der Waals surface area (Å²) in [4.78, 5) is 2.22. The lowest BCUT2D eigenvalue weighted by Gasteiger charge is -2.16. The first-order valence-electron chi connectivity index (χ1n) is 5.42. The Morgan fingerprint density at radius 2 is 2.25 bits per heavy atom. The van der Waals surface area contributed by atoms with Crippen molar-refractivity contribution in [1.82, 2.24) is 4.90 Å². The fraction of sp³-hybridized carbons (Fsp3) is 0.500. The number of phenolic OH excluding ortho intramolecular Hbond substituents is 1. The van der Waals surface area contributed by atoms with E-state index in [1.165, 1.54) is 7.11 Å². The van der Waals surface area contributed by atoms with Gasteiger partial charge >= 0.3 is 0 Å². The summed E-state index contributed by atoms with van der Waals surface area (Å²) in [6, 6.07) is 5.16. The monoisotopic (exact) mass is 223 g/mol. The fourth-order valence-electron chi connectivity index (χ4n) is 1.97. The van der Waals surface area contributed by atoms with Crippen LogP contribution < -0.4 is 9.47 Å². The highest BCUT2D eigenvalue weighted by atomic mass is 16.5. The van der Waals surface area contributed by atoms with Crippen LogP contribution in [0, 0.1) is 0 Å². The number of hydrogen-bond acceptors (Lipinski definition) is 4. The minimum Gasteiger partial charge on any atom is -0.504 e. The van der Waals surface area contributed by atoms with E-state index in [1.54, 1.807) is 12.1 Å². The Kier molecular flexibility index (Phi) is 3.19. The van der Waals surface area contributed by atoms with E-state index in [0.29, 0.717) is 11.5 Å². The lowest BCUT2D eigenvalue weighted by atomic mass is 10.2. The number of ether oxygens (including phenoxy) is 2. The lowest BCUT2D eigenvalue weighted by molar-refractivity contribution is 0.197. The van der Waals surface area contributed by atoms with E-state index in [-0.39, 0.29) is 11.9 Å². The van der Waals surface area contributed by atoms with E-state index >= 15 is 0 Å². The summed E-state index contributed by atoms with van der Waals surface area (Å²) < 4.78 is 10.9. The van der Waals surface area contributed by atoms with Crippen molar-refractivity contribution in [2.45, 2.75) is 12.5 Å². The summed E-state index contributed by atoms with van der Waals surface area (Å²) in [6.45, 7) is 1.96. The normalized spacial score (nSPS) is 21.0. The SMILES string of the molecule is COc1c(O)cccc1OC1CCN(C)C1. The van der Waals surface area contributed by atoms with Gasteiger partial charge in [-0.15, -0.1) is 0 Å². The highest BCUT2D eigenvalue weighted by Gasteiger charge is 2.22. The number of para-hydroxylation sites is 1. The smallest absolute Gasteiger partial charge is 0.203 e. The van der Waals surface area contributed by atoms with Gasteiger partial charge in [0, 0.05) is 13.1 Å². The number of rotatable bonds is 3. The average Bonchev–Trinajstić information content (AvgIpc) is 2.64. The molecule has 1 N–H and O–H groups in total. The molecule has 1 unspecified atom stereocenters. The van der Waals surface area contributed by atoms with E-state index in [4.69, 9.17) is 9.47 Å². The molecule has 1 aliphatic rings. The minimum atomic E-state index is 0.117. The molecule has 1 aliphatic heterocycles. The summed E-state index contributed by atoms with van der Waals surface area (Å²) in [7, 11) is 3.60. The second kappa shape index (κ2) is 4.61. The number of likely N-dealkylation sites (N-methyl/N-ethyl adjacent to an activating group) is 1. The molecule has 1 heterocycles. The second-order valence-corrected chi connectivity index (χ2v) is 4.10. The number of hydrogen-bond donors (Lipinski definition) is 1. The molecule has 0 radical (unpaired) electrons. The van der Waals surface area contributed by atoms with Gasteiger partial charge in [-0.3, -0.25) is 0 Å². The maximum absolute atomic E-state index is 9.60. The van der Waals surface area contributed by atoms with Crippen LogP contribution in [0.2, 0.25) is 0 Å². The highest BCUT2D eigenvalue weighted by molar-refractivity contribution is 5.50. The third-order valence-corrected chi connectivity index (χ3v) is 2.80. The number of likely N-dealkylation sites (tertiary alicyclic amines) is 1. The molecule has 1 fully saturated rings. The molecule has 0 aromatic heterocycles. The molecule has 1 aromatic carbocycles. The van der Waals surface area contributed by atoms with Gasteiger partial charge in [0.25, 0.3) is 0 Å². The van der Waals surface area contributed by atoms with Crippen molar-refractivity contribution < 1.29 is 14.6 Å². The molecular weight excluding hydrogens is 206 g/mol. The largest absolute Gasteiger partial charge is 0.504 e. The van der Waals surface area contributed by atoms with E-state index in [9.17, 15) is 5.11 Å². The lowest BCUT2D eigenvalue weighted by Crippen LogP contribution is -2.21. The third-order valence-electron chi connectivity index (χ3n) is 2.80. The van der Waals surface area contributed by atoms with E-state index < -0.39 is 0 Å². The first-order valence-corrected chi connectivity index (χ1v) is 5.42. The highest BCUT2D eigenvalue weighted by Crippen LogP contribution is 2.36. The van der Waals surface area contributed by atoms with Crippen LogP contribution in [-0.2, 0) is 0 Å². The van der Waals surface area contributed by atoms with Crippen LogP contribution in [0.1, 0.15) is 6.42 Å². The van der Waals surface area contributed by atoms with E-state index in [1.807, 2.05) is 6.07 Å². The molecule has 0 aliphatic carbocycles. The van der Waals surface area contributed by atoms with Crippen molar-refractivity contribution in [2.75, 3.05) is 27.2 Å². The molecule has 1 atom stereocenters. The fourth-order valence-corrected chi connectivity index (χ4v) is 1.97. The Hall–Kier alpha value is -1.42. The predicted molar refractivity (Wildman–Crippen MR) is 61.2 cm³/mol. The summed E-state index contributed by atoms with van der Waals surface area (Å²) in [5, 5.41) is 9.60. The zero-order chi connectivity index (χ0) is 11.5. The molecular formula is C12H17NO3. The van der Waals surface area contributed by atoms with Gasteiger partial charge in [0.1, 0.15) is 6.10 Å². The van der Waals surface area contributed by atoms with Crippen molar-refractivity contribution in [3.63, 3.8) is 0 Å². The summed E-state index contributed by atoms with van der Waals surface area (Å²) in [5.41, 5.74) is 0. The maximum atomic E-state index is 9.60. The molecule has 0 bridgehead atoms. The zero-order valence-corrected chi connectivity index (χ0v) is 9.64. The van der Waals surface area contributed by atoms with Crippen molar-refractivity contribution in [3.8, 4) is 17.2 Å². The molecule has 88 valence electrons. The van der Waals surface area contributed by atoms with Gasteiger partial charge in [0.05, 0.1) is 7.11 Å². The number of phenols is 1. The maximum Gasteiger partial charge on any atom is 0.203 e. The first-order chi connectivity index (χ1) is 7.70. The Labute approximate surface area is 95.4 Å². The van der Waals surface area contributed by atoms with Gasteiger partial charge in [0.15, 0.2) is 11.5 Å². The van der Waals surface area contributed by atoms with Crippen LogP contribution in [0.25, 0.3) is 0 Å². The number of methoxy groups -OCH3 is 1. The summed E-state index contributed by atoms with van der Waals surface area (Å²) in [6.07, 6.45) is 1.19. The summed E-state index contributed by atoms with van der Waals surface area (Å²) >= 11 is 0. The zero-order valence-electron chi connectivity index (χ0n) is 9.64. The van der Waals surface area contributed by atoms with Gasteiger partial charge < -0.3 is 19.5 Å². The van der Waals surface area contributed by atoms with Crippen molar-refractivity contribution in [2.24, 2.45) is 0 Å². The van der Waals surface area contributed by atoms with Crippen molar-refractivity contribution >= 4 is 0 Å². The molecule has 4 nitrogen and oxygen atoms in total. The standard InChI is InChI=1S/C12H17NO3/c1-13-7-6-9(8-13)16-11-5-3-4-10(14)12(11)15-2/h3-5,9,14H,6-8H2,1-2H3. The van der Waals surface area contributed by atoms with Gasteiger partial charge in [-0.1, -0.05) is 6.07 Å². The average molecular weight is 223 g/mol. The van der Waals surface area contributed by atoms with Crippen LogP contribution in [-0.4, -0.2) is 43.4 Å². The molecule has 2 rings (SSSR count). The molecule has 0 amide bonds. The number of nitrogens with zero attached hydrogens (tertiary/aromatic N) is 1. The molecule has 0 saturated carbocycles. The van der Waals surface area contributed by atoms with Crippen molar-refractivity contribution in [3.05, 3.63) is 18.2 Å². The molecule has 4 heteroatoms. The molecule has 0 spiro atoms. The molecule has 16 heavy (non-hydrogen) atoms. The van der Waals surface area contributed by atoms with E-state index in [2.05, 4.69) is 11.9 Å². The van der Waals surface area contributed by atoms with Gasteiger partial charge in [-0.25, -0.2) is 0 Å². The quantitative estimate of drug-likeness (QED) is 0.843. The third kappa shape index (κ3) is 2.22. The Morgan fingerprint density at radius 3 is 2.88 bits per heavy atom. The molecule has 1 saturated heterocycles. The van der Waals surface area contributed by atoms with Gasteiger partial charge in [0.2, 0.25) is 5.75 Å². The van der Waals surface area contributed by atoms with Gasteiger partial charge in [-0.05, 0) is 25.6 Å². The van der Waals surface area contributed by atoms with Crippen LogP contribution in [0.3, 0.4) is 0 Å². The minimum absolute atomic E-state index is 0.117. The van der Waals surface area contributed by atoms with Crippen LogP contribution >= 0.6 is 0 Å². The Bertz CT molecular complexity index is 367.